The number of amides is 1. The van der Waals surface area contributed by atoms with Crippen LogP contribution in [-0.4, -0.2) is 78.0 Å². The Hall–Kier alpha value is -6.41. The van der Waals surface area contributed by atoms with Gasteiger partial charge in [-0.2, -0.15) is 0 Å². The van der Waals surface area contributed by atoms with E-state index in [1.54, 1.807) is 22.7 Å². The average Bonchev–Trinajstić information content (AvgIpc) is 3.44. The molecule has 3 aliphatic rings. The second kappa shape index (κ2) is 25.7. The molecular weight excluding hydrogens is 949 g/mol. The molecule has 0 radical (unpaired) electrons. The molecule has 74 heavy (non-hydrogen) atoms. The Labute approximate surface area is 439 Å². The van der Waals surface area contributed by atoms with Crippen LogP contribution in [0.5, 0.6) is 17.2 Å². The summed E-state index contributed by atoms with van der Waals surface area (Å²) in [4.78, 5) is 24.6. The summed E-state index contributed by atoms with van der Waals surface area (Å²) in [5, 5.41) is 27.4. The smallest absolute Gasteiger partial charge is 0.410 e. The molecule has 6 aromatic rings. The molecule has 1 amide bonds. The number of carbonyl (C=O) groups excluding carboxylic acids is 1. The minimum absolute atomic E-state index is 0.0121. The van der Waals surface area contributed by atoms with E-state index in [4.69, 9.17) is 33.7 Å². The lowest BCUT2D eigenvalue weighted by atomic mass is 9.55. The van der Waals surface area contributed by atoms with Gasteiger partial charge in [0.25, 0.3) is 0 Å². The summed E-state index contributed by atoms with van der Waals surface area (Å²) in [6, 6.07) is 47.4. The lowest BCUT2D eigenvalue weighted by Gasteiger charge is -2.59. The van der Waals surface area contributed by atoms with Crippen LogP contribution >= 0.6 is 11.8 Å². The molecule has 2 N–H and O–H groups in total. The van der Waals surface area contributed by atoms with Gasteiger partial charge in [-0.15, -0.1) is 18.3 Å². The maximum atomic E-state index is 15.4. The molecular formula is C62H68N2O9S. The number of nitrogens with zero attached hydrogens (tertiary/aromatic N) is 2. The normalized spacial score (nSPS) is 21.2. The van der Waals surface area contributed by atoms with E-state index in [2.05, 4.69) is 61.4 Å². The molecule has 12 heteroatoms. The average molecular weight is 1020 g/mol. The fourth-order valence-electron chi connectivity index (χ4n) is 11.2. The van der Waals surface area contributed by atoms with Gasteiger partial charge in [-0.05, 0) is 119 Å². The summed E-state index contributed by atoms with van der Waals surface area (Å²) in [6.07, 6.45) is 10.3. The lowest BCUT2D eigenvalue weighted by molar-refractivity contribution is -0.256. The number of allylic oxidation sites excluding steroid dienone is 1. The third kappa shape index (κ3) is 12.2. The number of ether oxygens (including phenoxy) is 5. The van der Waals surface area contributed by atoms with Crippen LogP contribution in [-0.2, 0) is 38.8 Å². The fraction of sp³-hybridized carbons (Fsp3) is 0.355. The van der Waals surface area contributed by atoms with Gasteiger partial charge in [0.05, 0.1) is 38.0 Å². The Kier molecular flexibility index (Phi) is 18.2. The van der Waals surface area contributed by atoms with Crippen LogP contribution < -0.4 is 9.47 Å². The number of benzene rings is 6. The first-order valence-corrected chi connectivity index (χ1v) is 27.2. The Morgan fingerprint density at radius 3 is 2.26 bits per heavy atom. The van der Waals surface area contributed by atoms with Gasteiger partial charge in [0.2, 0.25) is 5.79 Å². The second-order valence-electron chi connectivity index (χ2n) is 19.2. The Bertz CT molecular complexity index is 2840. The molecule has 1 heterocycles. The molecule has 386 valence electrons. The molecule has 0 bridgehead atoms. The van der Waals surface area contributed by atoms with E-state index in [1.165, 1.54) is 0 Å². The molecule has 0 aromatic heterocycles. The number of rotatable bonds is 25. The van der Waals surface area contributed by atoms with E-state index >= 15 is 4.79 Å². The van der Waals surface area contributed by atoms with E-state index in [-0.39, 0.29) is 70.4 Å². The lowest BCUT2D eigenvalue weighted by Crippen LogP contribution is -2.70. The SMILES string of the molecule is C=CCOC12Oc3ccc(Oc4ccc(SC)cc4)cc3C3C(CCCCO)C(CCCCO)C=C(C(=NOCc4ccccc4)CC1N(Cc1cccc4ccccc14)C(=O)OCCOCc1ccccc1)C32. The highest BCUT2D eigenvalue weighted by atomic mass is 32.2. The largest absolute Gasteiger partial charge is 0.459 e. The summed E-state index contributed by atoms with van der Waals surface area (Å²) in [7, 11) is 0. The highest BCUT2D eigenvalue weighted by Gasteiger charge is 2.66. The first kappa shape index (κ1) is 52.5. The first-order chi connectivity index (χ1) is 36.4. The third-order valence-corrected chi connectivity index (χ3v) is 15.3. The van der Waals surface area contributed by atoms with Crippen molar-refractivity contribution in [2.75, 3.05) is 39.3 Å². The molecule has 0 saturated heterocycles. The van der Waals surface area contributed by atoms with Crippen LogP contribution in [0.25, 0.3) is 10.8 Å². The molecule has 0 spiro atoms. The Balaban J connectivity index is 1.21. The number of aliphatic hydroxyl groups excluding tert-OH is 2. The summed E-state index contributed by atoms with van der Waals surface area (Å²) in [6.45, 7) is 5.40. The minimum Gasteiger partial charge on any atom is -0.459 e. The number of hydrogen-bond acceptors (Lipinski definition) is 11. The summed E-state index contributed by atoms with van der Waals surface area (Å²) < 4.78 is 33.8. The van der Waals surface area contributed by atoms with E-state index in [9.17, 15) is 10.2 Å². The van der Waals surface area contributed by atoms with Gasteiger partial charge < -0.3 is 38.7 Å². The zero-order valence-electron chi connectivity index (χ0n) is 42.3. The quantitative estimate of drug-likeness (QED) is 0.0248. The summed E-state index contributed by atoms with van der Waals surface area (Å²) in [5.41, 5.74) is 5.50. The number of fused-ring (bicyclic) bond motifs is 3. The maximum absolute atomic E-state index is 15.4. The van der Waals surface area contributed by atoms with E-state index in [0.29, 0.717) is 42.4 Å². The number of unbranched alkanes of at least 4 members (excludes halogenated alkanes) is 2. The Morgan fingerprint density at radius 2 is 1.51 bits per heavy atom. The summed E-state index contributed by atoms with van der Waals surface area (Å²) in [5.74, 6) is -0.233. The number of thioether (sulfide) groups is 1. The monoisotopic (exact) mass is 1020 g/mol. The highest BCUT2D eigenvalue weighted by molar-refractivity contribution is 7.98. The van der Waals surface area contributed by atoms with E-state index < -0.39 is 23.8 Å². The second-order valence-corrected chi connectivity index (χ2v) is 20.1. The molecule has 6 unspecified atom stereocenters. The number of carbonyl (C=O) groups is 1. The highest BCUT2D eigenvalue weighted by Crippen LogP contribution is 2.62. The van der Waals surface area contributed by atoms with Crippen molar-refractivity contribution in [3.05, 3.63) is 192 Å². The van der Waals surface area contributed by atoms with Crippen LogP contribution in [0.15, 0.2) is 180 Å². The maximum Gasteiger partial charge on any atom is 0.410 e. The molecule has 1 fully saturated rings. The van der Waals surface area contributed by atoms with Crippen LogP contribution in [0.1, 0.15) is 73.1 Å². The van der Waals surface area contributed by atoms with Gasteiger partial charge in [0.1, 0.15) is 36.5 Å². The van der Waals surface area contributed by atoms with Crippen molar-refractivity contribution < 1.29 is 43.5 Å². The fourth-order valence-corrected chi connectivity index (χ4v) is 11.6. The molecule has 2 aliphatic carbocycles. The van der Waals surface area contributed by atoms with Crippen molar-refractivity contribution in [3.8, 4) is 17.2 Å². The zero-order valence-corrected chi connectivity index (χ0v) is 43.1. The van der Waals surface area contributed by atoms with Crippen molar-refractivity contribution in [2.45, 2.75) is 87.3 Å². The van der Waals surface area contributed by atoms with Gasteiger partial charge in [-0.1, -0.05) is 133 Å². The predicted molar refractivity (Wildman–Crippen MR) is 291 cm³/mol. The van der Waals surface area contributed by atoms with Crippen molar-refractivity contribution in [1.82, 2.24) is 4.90 Å². The predicted octanol–water partition coefficient (Wildman–Crippen LogP) is 13.0. The third-order valence-electron chi connectivity index (χ3n) is 14.6. The van der Waals surface area contributed by atoms with Crippen LogP contribution in [0, 0.1) is 17.8 Å². The number of oxime groups is 1. The number of aliphatic hydroxyl groups is 2. The van der Waals surface area contributed by atoms with Crippen LogP contribution in [0.4, 0.5) is 4.79 Å². The number of hydrogen-bond donors (Lipinski definition) is 2. The molecule has 1 aliphatic heterocycles. The van der Waals surface area contributed by atoms with Crippen LogP contribution in [0.2, 0.25) is 0 Å². The van der Waals surface area contributed by atoms with Crippen molar-refractivity contribution in [3.63, 3.8) is 0 Å². The zero-order chi connectivity index (χ0) is 51.1. The molecule has 6 aromatic carbocycles. The topological polar surface area (TPSA) is 129 Å². The molecule has 6 atom stereocenters. The Morgan fingerprint density at radius 1 is 0.811 bits per heavy atom. The standard InChI is InChI=1S/C62H68N2O9S/c1-3-35-70-62-58(64(41-48-24-16-23-46-21-10-11-25-52(46)48)61(67)69-37-36-68-42-44-17-6-4-7-18-44)40-56(63-71-43-45-19-8-5-9-20-45)54-38-47(22-12-14-33-65)53(26-13-15-34-66)59(60(54)62)55-39-50(29-32-57(55)73-62)72-49-27-30-51(74-2)31-28-49/h3-11,16-21,23-25,27-32,38-39,47,53,58-60,65-66H,1,12-15,22,26,33-37,40-43H2,2H3. The molecule has 9 rings (SSSR count). The van der Waals surface area contributed by atoms with E-state index in [0.717, 1.165) is 69.2 Å². The van der Waals surface area contributed by atoms with Crippen molar-refractivity contribution in [1.29, 1.82) is 0 Å². The van der Waals surface area contributed by atoms with Gasteiger partial charge in [0.15, 0.2) is 0 Å². The van der Waals surface area contributed by atoms with Gasteiger partial charge in [0, 0.05) is 36.0 Å². The van der Waals surface area contributed by atoms with Crippen LogP contribution in [0.3, 0.4) is 0 Å². The first-order valence-electron chi connectivity index (χ1n) is 26.0. The summed E-state index contributed by atoms with van der Waals surface area (Å²) >= 11 is 1.67. The van der Waals surface area contributed by atoms with E-state index in [1.807, 2.05) is 103 Å². The van der Waals surface area contributed by atoms with Gasteiger partial charge in [-0.25, -0.2) is 4.79 Å². The van der Waals surface area contributed by atoms with Gasteiger partial charge in [-0.3, -0.25) is 4.90 Å². The van der Waals surface area contributed by atoms with Gasteiger partial charge >= 0.3 is 6.09 Å². The molecule has 11 nitrogen and oxygen atoms in total. The van der Waals surface area contributed by atoms with Crippen molar-refractivity contribution in [2.24, 2.45) is 22.9 Å². The van der Waals surface area contributed by atoms with Crippen molar-refractivity contribution >= 4 is 34.3 Å². The minimum atomic E-state index is -1.51. The molecule has 1 saturated carbocycles.